The zero-order valence-electron chi connectivity index (χ0n) is 10.7. The van der Waals surface area contributed by atoms with Crippen LogP contribution in [0, 0.1) is 11.8 Å². The van der Waals surface area contributed by atoms with Crippen LogP contribution in [0.1, 0.15) is 20.3 Å². The summed E-state index contributed by atoms with van der Waals surface area (Å²) in [5, 5.41) is 0. The lowest BCUT2D eigenvalue weighted by molar-refractivity contribution is 0.322. The molecule has 2 atom stereocenters. The average Bonchev–Trinajstić information content (AvgIpc) is 2.32. The Kier molecular flexibility index (Phi) is 3.36. The molecule has 2 heterocycles. The van der Waals surface area contributed by atoms with Crippen LogP contribution in [-0.4, -0.2) is 30.2 Å². The largest absolute Gasteiger partial charge is 0.481 e. The van der Waals surface area contributed by atoms with Gasteiger partial charge in [-0.1, -0.05) is 13.8 Å². The molecule has 0 aromatic carbocycles. The van der Waals surface area contributed by atoms with E-state index < -0.39 is 0 Å². The van der Waals surface area contributed by atoms with Crippen LogP contribution in [0.5, 0.6) is 5.88 Å². The quantitative estimate of drug-likeness (QED) is 0.844. The van der Waals surface area contributed by atoms with E-state index in [0.717, 1.165) is 24.8 Å². The second-order valence-corrected chi connectivity index (χ2v) is 4.82. The topological polar surface area (TPSA) is 64.3 Å². The predicted molar refractivity (Wildman–Crippen MR) is 68.2 cm³/mol. The third-order valence-corrected chi connectivity index (χ3v) is 3.57. The van der Waals surface area contributed by atoms with Gasteiger partial charge in [-0.05, 0) is 18.3 Å². The standard InChI is InChI=1S/C12H20N4O/c1-8-4-5-16(7-9(8)2)10-6-11(17-3)15-12(13)14-10/h6,8-9H,4-5,7H2,1-3H3,(H2,13,14,15). The summed E-state index contributed by atoms with van der Waals surface area (Å²) in [6, 6.07) is 1.85. The molecular weight excluding hydrogens is 216 g/mol. The lowest BCUT2D eigenvalue weighted by atomic mass is 9.89. The van der Waals surface area contributed by atoms with E-state index in [9.17, 15) is 0 Å². The highest BCUT2D eigenvalue weighted by Gasteiger charge is 2.24. The number of methoxy groups -OCH3 is 1. The van der Waals surface area contributed by atoms with E-state index >= 15 is 0 Å². The van der Waals surface area contributed by atoms with Gasteiger partial charge in [0, 0.05) is 19.2 Å². The van der Waals surface area contributed by atoms with E-state index in [1.165, 1.54) is 6.42 Å². The van der Waals surface area contributed by atoms with Crippen LogP contribution in [-0.2, 0) is 0 Å². The minimum Gasteiger partial charge on any atom is -0.481 e. The number of nitrogen functional groups attached to an aromatic ring is 1. The Labute approximate surface area is 102 Å². The maximum absolute atomic E-state index is 5.67. The Balaban J connectivity index is 2.19. The number of anilines is 2. The van der Waals surface area contributed by atoms with Gasteiger partial charge in [0.2, 0.25) is 11.8 Å². The third-order valence-electron chi connectivity index (χ3n) is 3.57. The average molecular weight is 236 g/mol. The fourth-order valence-corrected chi connectivity index (χ4v) is 2.17. The van der Waals surface area contributed by atoms with Gasteiger partial charge in [0.15, 0.2) is 0 Å². The molecule has 0 saturated carbocycles. The zero-order valence-corrected chi connectivity index (χ0v) is 10.7. The molecule has 1 fully saturated rings. The Bertz CT molecular complexity index is 396. The molecule has 2 unspecified atom stereocenters. The van der Waals surface area contributed by atoms with Crippen molar-refractivity contribution in [2.75, 3.05) is 30.8 Å². The Morgan fingerprint density at radius 2 is 2.12 bits per heavy atom. The van der Waals surface area contributed by atoms with Crippen molar-refractivity contribution in [1.82, 2.24) is 9.97 Å². The van der Waals surface area contributed by atoms with Crippen molar-refractivity contribution in [1.29, 1.82) is 0 Å². The highest BCUT2D eigenvalue weighted by Crippen LogP contribution is 2.27. The van der Waals surface area contributed by atoms with Crippen molar-refractivity contribution in [3.8, 4) is 5.88 Å². The summed E-state index contributed by atoms with van der Waals surface area (Å²) < 4.78 is 5.12. The molecular formula is C12H20N4O. The second-order valence-electron chi connectivity index (χ2n) is 4.82. The van der Waals surface area contributed by atoms with Crippen molar-refractivity contribution in [3.63, 3.8) is 0 Å². The van der Waals surface area contributed by atoms with Crippen LogP contribution in [0.25, 0.3) is 0 Å². The number of ether oxygens (including phenoxy) is 1. The first kappa shape index (κ1) is 12.0. The lowest BCUT2D eigenvalue weighted by Crippen LogP contribution is -2.39. The second kappa shape index (κ2) is 4.77. The number of rotatable bonds is 2. The van der Waals surface area contributed by atoms with Crippen molar-refractivity contribution < 1.29 is 4.74 Å². The first-order valence-corrected chi connectivity index (χ1v) is 6.03. The summed E-state index contributed by atoms with van der Waals surface area (Å²) >= 11 is 0. The highest BCUT2D eigenvalue weighted by molar-refractivity contribution is 5.45. The van der Waals surface area contributed by atoms with Crippen LogP contribution in [0.15, 0.2) is 6.07 Å². The number of nitrogens with two attached hydrogens (primary N) is 1. The molecule has 0 spiro atoms. The molecule has 1 aromatic heterocycles. The molecule has 1 aliphatic heterocycles. The first-order chi connectivity index (χ1) is 8.10. The van der Waals surface area contributed by atoms with Gasteiger partial charge < -0.3 is 15.4 Å². The van der Waals surface area contributed by atoms with Crippen molar-refractivity contribution >= 4 is 11.8 Å². The van der Waals surface area contributed by atoms with Crippen LogP contribution in [0.2, 0.25) is 0 Å². The third kappa shape index (κ3) is 2.60. The minimum atomic E-state index is 0.269. The van der Waals surface area contributed by atoms with Gasteiger partial charge in [-0.25, -0.2) is 0 Å². The van der Waals surface area contributed by atoms with Crippen molar-refractivity contribution in [2.24, 2.45) is 11.8 Å². The van der Waals surface area contributed by atoms with Gasteiger partial charge >= 0.3 is 0 Å². The van der Waals surface area contributed by atoms with Gasteiger partial charge in [0.05, 0.1) is 7.11 Å². The Hall–Kier alpha value is -1.52. The number of piperidine rings is 1. The number of hydrogen-bond acceptors (Lipinski definition) is 5. The molecule has 1 aromatic rings. The maximum Gasteiger partial charge on any atom is 0.225 e. The zero-order chi connectivity index (χ0) is 12.4. The molecule has 2 N–H and O–H groups in total. The molecule has 2 rings (SSSR count). The van der Waals surface area contributed by atoms with E-state index in [-0.39, 0.29) is 5.95 Å². The minimum absolute atomic E-state index is 0.269. The SMILES string of the molecule is COc1cc(N2CCC(C)C(C)C2)nc(N)n1. The van der Waals surface area contributed by atoms with Crippen molar-refractivity contribution in [2.45, 2.75) is 20.3 Å². The molecule has 94 valence electrons. The van der Waals surface area contributed by atoms with Crippen LogP contribution >= 0.6 is 0 Å². The molecule has 5 nitrogen and oxygen atoms in total. The molecule has 0 amide bonds. The van der Waals surface area contributed by atoms with Gasteiger partial charge in [-0.2, -0.15) is 9.97 Å². The van der Waals surface area contributed by atoms with Gasteiger partial charge in [-0.15, -0.1) is 0 Å². The van der Waals surface area contributed by atoms with Crippen molar-refractivity contribution in [3.05, 3.63) is 6.07 Å². The molecule has 0 bridgehead atoms. The lowest BCUT2D eigenvalue weighted by Gasteiger charge is -2.36. The van der Waals surface area contributed by atoms with E-state index in [2.05, 4.69) is 28.7 Å². The summed E-state index contributed by atoms with van der Waals surface area (Å²) in [5.74, 6) is 3.11. The van der Waals surface area contributed by atoms with Gasteiger partial charge in [0.1, 0.15) is 5.82 Å². The highest BCUT2D eigenvalue weighted by atomic mass is 16.5. The molecule has 0 aliphatic carbocycles. The first-order valence-electron chi connectivity index (χ1n) is 6.03. The number of aromatic nitrogens is 2. The Morgan fingerprint density at radius 1 is 1.35 bits per heavy atom. The maximum atomic E-state index is 5.67. The summed E-state index contributed by atoms with van der Waals surface area (Å²) in [6.07, 6.45) is 1.19. The summed E-state index contributed by atoms with van der Waals surface area (Å²) in [6.45, 7) is 6.61. The summed E-state index contributed by atoms with van der Waals surface area (Å²) in [4.78, 5) is 10.5. The smallest absolute Gasteiger partial charge is 0.225 e. The van der Waals surface area contributed by atoms with Crippen LogP contribution < -0.4 is 15.4 Å². The predicted octanol–water partition coefficient (Wildman–Crippen LogP) is 1.55. The summed E-state index contributed by atoms with van der Waals surface area (Å²) in [5.41, 5.74) is 5.67. The number of hydrogen-bond donors (Lipinski definition) is 1. The van der Waals surface area contributed by atoms with Crippen LogP contribution in [0.4, 0.5) is 11.8 Å². The fraction of sp³-hybridized carbons (Fsp3) is 0.667. The summed E-state index contributed by atoms with van der Waals surface area (Å²) in [7, 11) is 1.59. The van der Waals surface area contributed by atoms with E-state index in [1.807, 2.05) is 6.07 Å². The molecule has 1 saturated heterocycles. The molecule has 0 radical (unpaired) electrons. The normalized spacial score (nSPS) is 24.8. The van der Waals surface area contributed by atoms with E-state index in [1.54, 1.807) is 7.11 Å². The number of nitrogens with zero attached hydrogens (tertiary/aromatic N) is 3. The fourth-order valence-electron chi connectivity index (χ4n) is 2.17. The molecule has 17 heavy (non-hydrogen) atoms. The monoisotopic (exact) mass is 236 g/mol. The van der Waals surface area contributed by atoms with Crippen LogP contribution in [0.3, 0.4) is 0 Å². The van der Waals surface area contributed by atoms with E-state index in [4.69, 9.17) is 10.5 Å². The van der Waals surface area contributed by atoms with Gasteiger partial charge in [-0.3, -0.25) is 0 Å². The van der Waals surface area contributed by atoms with Gasteiger partial charge in [0.25, 0.3) is 0 Å². The molecule has 5 heteroatoms. The Morgan fingerprint density at radius 3 is 2.76 bits per heavy atom. The van der Waals surface area contributed by atoms with E-state index in [0.29, 0.717) is 11.8 Å². The molecule has 1 aliphatic rings.